The number of rotatable bonds is 6. The van der Waals surface area contributed by atoms with Crippen molar-refractivity contribution in [2.75, 3.05) is 11.9 Å². The molecule has 2 aromatic rings. The molecular weight excluding hydrogens is 294 g/mol. The Kier molecular flexibility index (Phi) is 5.65. The standard InChI is InChI=1S/C18H26ClN3/c1-13(6-5-10-21-18(2,3)4)22-16-9-11-20-17-12-14(19)7-8-15(16)17/h7-9,11-13,21H,5-6,10H2,1-4H3,(H,20,22)/t13-/m0/s1. The van der Waals surface area contributed by atoms with Gasteiger partial charge in [0.05, 0.1) is 5.52 Å². The Bertz CT molecular complexity index is 619. The molecule has 0 amide bonds. The first-order valence-electron chi connectivity index (χ1n) is 7.91. The number of hydrogen-bond donors (Lipinski definition) is 2. The highest BCUT2D eigenvalue weighted by atomic mass is 35.5. The van der Waals surface area contributed by atoms with Crippen LogP contribution in [0.3, 0.4) is 0 Å². The van der Waals surface area contributed by atoms with Crippen molar-refractivity contribution in [3.8, 4) is 0 Å². The van der Waals surface area contributed by atoms with Crippen LogP contribution < -0.4 is 10.6 Å². The van der Waals surface area contributed by atoms with Gasteiger partial charge in [-0.1, -0.05) is 11.6 Å². The van der Waals surface area contributed by atoms with Crippen molar-refractivity contribution in [2.45, 2.75) is 52.1 Å². The monoisotopic (exact) mass is 319 g/mol. The summed E-state index contributed by atoms with van der Waals surface area (Å²) in [4.78, 5) is 4.38. The van der Waals surface area contributed by atoms with Crippen molar-refractivity contribution < 1.29 is 0 Å². The van der Waals surface area contributed by atoms with E-state index in [1.165, 1.54) is 0 Å². The van der Waals surface area contributed by atoms with Gasteiger partial charge in [0.25, 0.3) is 0 Å². The number of hydrogen-bond acceptors (Lipinski definition) is 3. The van der Waals surface area contributed by atoms with E-state index in [4.69, 9.17) is 11.6 Å². The van der Waals surface area contributed by atoms with Crippen molar-refractivity contribution in [1.82, 2.24) is 10.3 Å². The van der Waals surface area contributed by atoms with E-state index in [1.807, 2.05) is 30.5 Å². The maximum absolute atomic E-state index is 6.03. The van der Waals surface area contributed by atoms with Gasteiger partial charge in [-0.25, -0.2) is 0 Å². The van der Waals surface area contributed by atoms with Crippen LogP contribution in [0.1, 0.15) is 40.5 Å². The highest BCUT2D eigenvalue weighted by Crippen LogP contribution is 2.25. The summed E-state index contributed by atoms with van der Waals surface area (Å²) in [6.45, 7) is 9.86. The van der Waals surface area contributed by atoms with Gasteiger partial charge in [-0.2, -0.15) is 0 Å². The van der Waals surface area contributed by atoms with E-state index in [-0.39, 0.29) is 5.54 Å². The third kappa shape index (κ3) is 5.15. The summed E-state index contributed by atoms with van der Waals surface area (Å²) in [6, 6.07) is 8.29. The van der Waals surface area contributed by atoms with Crippen molar-refractivity contribution >= 4 is 28.2 Å². The largest absolute Gasteiger partial charge is 0.382 e. The SMILES string of the molecule is C[C@@H](CCCNC(C)(C)C)Nc1ccnc2cc(Cl)ccc12. The fraction of sp³-hybridized carbons (Fsp3) is 0.500. The number of pyridine rings is 1. The molecule has 22 heavy (non-hydrogen) atoms. The van der Waals surface area contributed by atoms with E-state index in [2.05, 4.69) is 43.3 Å². The van der Waals surface area contributed by atoms with E-state index in [1.54, 1.807) is 0 Å². The molecule has 0 bridgehead atoms. The smallest absolute Gasteiger partial charge is 0.0737 e. The molecule has 4 heteroatoms. The Morgan fingerprint density at radius 1 is 1.23 bits per heavy atom. The molecule has 1 atom stereocenters. The summed E-state index contributed by atoms with van der Waals surface area (Å²) < 4.78 is 0. The molecule has 1 aromatic carbocycles. The van der Waals surface area contributed by atoms with Crippen LogP contribution in [0.15, 0.2) is 30.5 Å². The molecule has 0 unspecified atom stereocenters. The second-order valence-corrected chi connectivity index (χ2v) is 7.32. The minimum atomic E-state index is 0.192. The van der Waals surface area contributed by atoms with Crippen LogP contribution in [-0.4, -0.2) is 23.1 Å². The molecule has 120 valence electrons. The third-order valence-electron chi connectivity index (χ3n) is 3.58. The summed E-state index contributed by atoms with van der Waals surface area (Å²) in [5, 5.41) is 8.95. The third-order valence-corrected chi connectivity index (χ3v) is 3.81. The molecule has 2 rings (SSSR count). The summed E-state index contributed by atoms with van der Waals surface area (Å²) in [7, 11) is 0. The summed E-state index contributed by atoms with van der Waals surface area (Å²) in [5.41, 5.74) is 2.24. The molecule has 0 saturated carbocycles. The van der Waals surface area contributed by atoms with Crippen LogP contribution in [0, 0.1) is 0 Å². The van der Waals surface area contributed by atoms with Crippen molar-refractivity contribution in [2.24, 2.45) is 0 Å². The average Bonchev–Trinajstić information content (AvgIpc) is 2.42. The Balaban J connectivity index is 1.93. The molecule has 0 fully saturated rings. The molecule has 0 aliphatic carbocycles. The molecule has 0 aliphatic rings. The summed E-state index contributed by atoms with van der Waals surface area (Å²) >= 11 is 6.03. The number of halogens is 1. The molecule has 0 spiro atoms. The van der Waals surface area contributed by atoms with Crippen LogP contribution in [0.4, 0.5) is 5.69 Å². The zero-order valence-corrected chi connectivity index (χ0v) is 14.7. The predicted molar refractivity (Wildman–Crippen MR) is 96.8 cm³/mol. The van der Waals surface area contributed by atoms with Gasteiger partial charge in [0.15, 0.2) is 0 Å². The minimum absolute atomic E-state index is 0.192. The van der Waals surface area contributed by atoms with Crippen molar-refractivity contribution in [3.63, 3.8) is 0 Å². The van der Waals surface area contributed by atoms with Gasteiger partial charge in [0.1, 0.15) is 0 Å². The van der Waals surface area contributed by atoms with Crippen LogP contribution in [-0.2, 0) is 0 Å². The lowest BCUT2D eigenvalue weighted by Gasteiger charge is -2.22. The predicted octanol–water partition coefficient (Wildman–Crippen LogP) is 4.86. The zero-order valence-electron chi connectivity index (χ0n) is 13.9. The Hall–Kier alpha value is -1.32. The summed E-state index contributed by atoms with van der Waals surface area (Å²) in [6.07, 6.45) is 4.11. The number of aromatic nitrogens is 1. The first-order chi connectivity index (χ1) is 10.3. The number of fused-ring (bicyclic) bond motifs is 1. The Labute approximate surface area is 138 Å². The zero-order chi connectivity index (χ0) is 16.2. The van der Waals surface area contributed by atoms with Gasteiger partial charge in [0, 0.05) is 33.9 Å². The van der Waals surface area contributed by atoms with E-state index < -0.39 is 0 Å². The first-order valence-corrected chi connectivity index (χ1v) is 8.29. The lowest BCUT2D eigenvalue weighted by molar-refractivity contribution is 0.416. The van der Waals surface area contributed by atoms with Crippen LogP contribution in [0.2, 0.25) is 5.02 Å². The molecule has 0 radical (unpaired) electrons. The van der Waals surface area contributed by atoms with Gasteiger partial charge in [0.2, 0.25) is 0 Å². The maximum atomic E-state index is 6.03. The minimum Gasteiger partial charge on any atom is -0.382 e. The van der Waals surface area contributed by atoms with Gasteiger partial charge < -0.3 is 10.6 Å². The molecule has 3 nitrogen and oxygen atoms in total. The second-order valence-electron chi connectivity index (χ2n) is 6.88. The number of anilines is 1. The fourth-order valence-electron chi connectivity index (χ4n) is 2.46. The topological polar surface area (TPSA) is 37.0 Å². The van der Waals surface area contributed by atoms with Crippen molar-refractivity contribution in [3.05, 3.63) is 35.5 Å². The molecule has 1 aromatic heterocycles. The second kappa shape index (κ2) is 7.30. The van der Waals surface area contributed by atoms with Gasteiger partial charge >= 0.3 is 0 Å². The number of nitrogens with zero attached hydrogens (tertiary/aromatic N) is 1. The highest BCUT2D eigenvalue weighted by molar-refractivity contribution is 6.31. The van der Waals surface area contributed by atoms with E-state index in [0.717, 1.165) is 41.0 Å². The van der Waals surface area contributed by atoms with Gasteiger partial charge in [-0.05, 0) is 71.3 Å². The first kappa shape index (κ1) is 17.0. The number of nitrogens with one attached hydrogen (secondary N) is 2. The van der Waals surface area contributed by atoms with E-state index in [9.17, 15) is 0 Å². The quantitative estimate of drug-likeness (QED) is 0.747. The summed E-state index contributed by atoms with van der Waals surface area (Å²) in [5.74, 6) is 0. The molecule has 1 heterocycles. The van der Waals surface area contributed by atoms with Crippen LogP contribution >= 0.6 is 11.6 Å². The fourth-order valence-corrected chi connectivity index (χ4v) is 2.62. The average molecular weight is 320 g/mol. The van der Waals surface area contributed by atoms with Gasteiger partial charge in [-0.15, -0.1) is 0 Å². The Morgan fingerprint density at radius 2 is 2.00 bits per heavy atom. The Morgan fingerprint density at radius 3 is 2.73 bits per heavy atom. The lowest BCUT2D eigenvalue weighted by atomic mass is 10.1. The van der Waals surface area contributed by atoms with Crippen LogP contribution in [0.25, 0.3) is 10.9 Å². The maximum Gasteiger partial charge on any atom is 0.0737 e. The lowest BCUT2D eigenvalue weighted by Crippen LogP contribution is -2.36. The van der Waals surface area contributed by atoms with Crippen LogP contribution in [0.5, 0.6) is 0 Å². The molecule has 0 saturated heterocycles. The molecule has 2 N–H and O–H groups in total. The van der Waals surface area contributed by atoms with Crippen molar-refractivity contribution in [1.29, 1.82) is 0 Å². The highest BCUT2D eigenvalue weighted by Gasteiger charge is 2.09. The molecule has 0 aliphatic heterocycles. The number of benzene rings is 1. The van der Waals surface area contributed by atoms with E-state index >= 15 is 0 Å². The van der Waals surface area contributed by atoms with E-state index in [0.29, 0.717) is 6.04 Å². The van der Waals surface area contributed by atoms with Gasteiger partial charge in [-0.3, -0.25) is 4.98 Å². The normalized spacial score (nSPS) is 13.3. The molecular formula is C18H26ClN3.